The van der Waals surface area contributed by atoms with E-state index in [1.54, 1.807) is 36.4 Å². The van der Waals surface area contributed by atoms with E-state index in [1.807, 2.05) is 6.07 Å². The molecule has 0 saturated heterocycles. The Hall–Kier alpha value is -1.21. The van der Waals surface area contributed by atoms with Crippen LogP contribution in [0.3, 0.4) is 0 Å². The number of hydrogen-bond donors (Lipinski definition) is 0. The van der Waals surface area contributed by atoms with E-state index in [4.69, 9.17) is 33.2 Å². The highest BCUT2D eigenvalue weighted by molar-refractivity contribution is 9.10. The van der Waals surface area contributed by atoms with Crippen molar-refractivity contribution in [3.05, 3.63) is 56.5 Å². The van der Waals surface area contributed by atoms with Crippen molar-refractivity contribution in [1.82, 2.24) is 0 Å². The van der Waals surface area contributed by atoms with Crippen molar-refractivity contribution in [2.45, 2.75) is 0 Å². The van der Waals surface area contributed by atoms with Crippen LogP contribution >= 0.6 is 39.1 Å². The van der Waals surface area contributed by atoms with Crippen LogP contribution in [0.25, 0.3) is 0 Å². The van der Waals surface area contributed by atoms with Crippen molar-refractivity contribution >= 4 is 39.1 Å². The fourth-order valence-electron chi connectivity index (χ4n) is 1.34. The van der Waals surface area contributed by atoms with Crippen LogP contribution in [0.5, 0.6) is 11.5 Å². The summed E-state index contributed by atoms with van der Waals surface area (Å²) in [6, 6.07) is 12.1. The Labute approximate surface area is 123 Å². The highest BCUT2D eigenvalue weighted by atomic mass is 79.9. The van der Waals surface area contributed by atoms with Crippen molar-refractivity contribution < 1.29 is 4.74 Å². The minimum Gasteiger partial charge on any atom is -0.456 e. The first kappa shape index (κ1) is 13.2. The smallest absolute Gasteiger partial charge is 0.147 e. The van der Waals surface area contributed by atoms with Gasteiger partial charge in [-0.25, -0.2) is 0 Å². The first-order chi connectivity index (χ1) is 8.60. The second-order valence-corrected chi connectivity index (χ2v) is 5.11. The second kappa shape index (κ2) is 5.62. The Balaban J connectivity index is 2.34. The molecule has 0 spiro atoms. The third kappa shape index (κ3) is 2.97. The molecule has 0 fully saturated rings. The topological polar surface area (TPSA) is 33.0 Å². The molecule has 90 valence electrons. The molecular formula is C13H6BrCl2NO. The zero-order valence-corrected chi connectivity index (χ0v) is 12.1. The third-order valence-corrected chi connectivity index (χ3v) is 3.66. The largest absolute Gasteiger partial charge is 0.456 e. The molecule has 0 amide bonds. The zero-order valence-electron chi connectivity index (χ0n) is 8.95. The predicted molar refractivity (Wildman–Crippen MR) is 75.4 cm³/mol. The molecule has 0 bridgehead atoms. The standard InChI is InChI=1S/C13H6BrCl2NO/c14-10-5-12(16)13(6-11(10)15)18-9-3-1-2-8(4-9)7-17/h1-6H. The molecule has 2 nitrogen and oxygen atoms in total. The SMILES string of the molecule is N#Cc1cccc(Oc2cc(Cl)c(Br)cc2Cl)c1. The molecule has 2 aromatic carbocycles. The molecule has 5 heteroatoms. The summed E-state index contributed by atoms with van der Waals surface area (Å²) in [5, 5.41) is 9.75. The maximum atomic E-state index is 8.80. The van der Waals surface area contributed by atoms with E-state index in [1.165, 1.54) is 0 Å². The first-order valence-corrected chi connectivity index (χ1v) is 6.47. The summed E-state index contributed by atoms with van der Waals surface area (Å²) < 4.78 is 6.30. The molecule has 0 saturated carbocycles. The maximum absolute atomic E-state index is 8.80. The second-order valence-electron chi connectivity index (χ2n) is 3.44. The Morgan fingerprint density at radius 2 is 1.89 bits per heavy atom. The molecule has 0 heterocycles. The molecule has 0 aromatic heterocycles. The summed E-state index contributed by atoms with van der Waals surface area (Å²) in [6.45, 7) is 0. The Morgan fingerprint density at radius 3 is 2.61 bits per heavy atom. The maximum Gasteiger partial charge on any atom is 0.147 e. The molecule has 0 aliphatic carbocycles. The lowest BCUT2D eigenvalue weighted by Crippen LogP contribution is -1.87. The monoisotopic (exact) mass is 341 g/mol. The lowest BCUT2D eigenvalue weighted by Gasteiger charge is -2.09. The normalized spacial score (nSPS) is 9.89. The van der Waals surface area contributed by atoms with Crippen LogP contribution in [-0.2, 0) is 0 Å². The summed E-state index contributed by atoms with van der Waals surface area (Å²) in [4.78, 5) is 0. The summed E-state index contributed by atoms with van der Waals surface area (Å²) in [7, 11) is 0. The molecule has 0 atom stereocenters. The van der Waals surface area contributed by atoms with E-state index in [2.05, 4.69) is 15.9 Å². The Bertz CT molecular complexity index is 637. The summed E-state index contributed by atoms with van der Waals surface area (Å²) >= 11 is 15.3. The predicted octanol–water partition coefficient (Wildman–Crippen LogP) is 5.42. The number of halogens is 3. The van der Waals surface area contributed by atoms with E-state index in [-0.39, 0.29) is 0 Å². The van der Waals surface area contributed by atoms with Crippen LogP contribution in [0.15, 0.2) is 40.9 Å². The fraction of sp³-hybridized carbons (Fsp3) is 0. The first-order valence-electron chi connectivity index (χ1n) is 4.92. The van der Waals surface area contributed by atoms with E-state index < -0.39 is 0 Å². The van der Waals surface area contributed by atoms with Gasteiger partial charge in [-0.3, -0.25) is 0 Å². The summed E-state index contributed by atoms with van der Waals surface area (Å²) in [5.41, 5.74) is 0.520. The van der Waals surface area contributed by atoms with Crippen molar-refractivity contribution in [1.29, 1.82) is 5.26 Å². The van der Waals surface area contributed by atoms with Crippen molar-refractivity contribution in [3.8, 4) is 17.6 Å². The highest BCUT2D eigenvalue weighted by Gasteiger charge is 2.08. The van der Waals surface area contributed by atoms with Gasteiger partial charge < -0.3 is 4.74 Å². The number of rotatable bonds is 2. The van der Waals surface area contributed by atoms with Crippen LogP contribution in [0, 0.1) is 11.3 Å². The third-order valence-electron chi connectivity index (χ3n) is 2.17. The number of benzene rings is 2. The van der Waals surface area contributed by atoms with Gasteiger partial charge in [-0.15, -0.1) is 0 Å². The van der Waals surface area contributed by atoms with Gasteiger partial charge in [-0.05, 0) is 40.2 Å². The van der Waals surface area contributed by atoms with Crippen LogP contribution in [-0.4, -0.2) is 0 Å². The lowest BCUT2D eigenvalue weighted by atomic mass is 10.2. The van der Waals surface area contributed by atoms with Gasteiger partial charge in [0.2, 0.25) is 0 Å². The molecule has 0 unspecified atom stereocenters. The van der Waals surface area contributed by atoms with Crippen LogP contribution in [0.4, 0.5) is 0 Å². The number of hydrogen-bond acceptors (Lipinski definition) is 2. The molecule has 18 heavy (non-hydrogen) atoms. The minimum atomic E-state index is 0.439. The Kier molecular flexibility index (Phi) is 4.13. The van der Waals surface area contributed by atoms with Gasteiger partial charge in [0.15, 0.2) is 0 Å². The van der Waals surface area contributed by atoms with Gasteiger partial charge in [0.05, 0.1) is 21.7 Å². The van der Waals surface area contributed by atoms with Gasteiger partial charge in [0.1, 0.15) is 11.5 Å². The number of ether oxygens (including phenoxy) is 1. The van der Waals surface area contributed by atoms with Crippen LogP contribution < -0.4 is 4.74 Å². The lowest BCUT2D eigenvalue weighted by molar-refractivity contribution is 0.482. The molecule has 0 aliphatic heterocycles. The van der Waals surface area contributed by atoms with Crippen molar-refractivity contribution in [2.75, 3.05) is 0 Å². The summed E-state index contributed by atoms with van der Waals surface area (Å²) in [6.07, 6.45) is 0. The summed E-state index contributed by atoms with van der Waals surface area (Å²) in [5.74, 6) is 0.981. The van der Waals surface area contributed by atoms with Crippen molar-refractivity contribution in [3.63, 3.8) is 0 Å². The molecule has 0 N–H and O–H groups in total. The van der Waals surface area contributed by atoms with Crippen LogP contribution in [0.1, 0.15) is 5.56 Å². The quantitative estimate of drug-likeness (QED) is 0.682. The van der Waals surface area contributed by atoms with E-state index in [9.17, 15) is 0 Å². The zero-order chi connectivity index (χ0) is 13.1. The van der Waals surface area contributed by atoms with Crippen molar-refractivity contribution in [2.24, 2.45) is 0 Å². The fourth-order valence-corrected chi connectivity index (χ4v) is 2.17. The van der Waals surface area contributed by atoms with Gasteiger partial charge in [-0.1, -0.05) is 29.3 Å². The highest BCUT2D eigenvalue weighted by Crippen LogP contribution is 2.36. The van der Waals surface area contributed by atoms with E-state index in [0.29, 0.717) is 31.6 Å². The Morgan fingerprint density at radius 1 is 1.11 bits per heavy atom. The molecule has 2 aromatic rings. The number of nitrogens with zero attached hydrogens (tertiary/aromatic N) is 1. The average Bonchev–Trinajstić information content (AvgIpc) is 2.36. The number of nitriles is 1. The van der Waals surface area contributed by atoms with Gasteiger partial charge in [0.25, 0.3) is 0 Å². The molecule has 0 radical (unpaired) electrons. The van der Waals surface area contributed by atoms with Gasteiger partial charge >= 0.3 is 0 Å². The minimum absolute atomic E-state index is 0.439. The molecule has 0 aliphatic rings. The average molecular weight is 343 g/mol. The van der Waals surface area contributed by atoms with Gasteiger partial charge in [0, 0.05) is 10.5 Å². The van der Waals surface area contributed by atoms with E-state index in [0.717, 1.165) is 0 Å². The van der Waals surface area contributed by atoms with Gasteiger partial charge in [-0.2, -0.15) is 5.26 Å². The molecular weight excluding hydrogens is 337 g/mol. The molecule has 2 rings (SSSR count). The van der Waals surface area contributed by atoms with E-state index >= 15 is 0 Å². The van der Waals surface area contributed by atoms with Crippen LogP contribution in [0.2, 0.25) is 10.0 Å².